The first-order chi connectivity index (χ1) is 10.8. The standard InChI is InChI=1S/C11H4F3N4O3S2/c12-11(13,14)9-16-8(18-21-9)6-2-1-3-7(4-6)23(19,20)10-17-15-5-22-10/h1-2,4-5H. The summed E-state index contributed by atoms with van der Waals surface area (Å²) in [5.41, 5.74) is 1.28. The van der Waals surface area contributed by atoms with Crippen LogP contribution in [0.2, 0.25) is 0 Å². The van der Waals surface area contributed by atoms with Crippen molar-refractivity contribution in [2.24, 2.45) is 0 Å². The average Bonchev–Trinajstić information content (AvgIpc) is 3.18. The molecule has 0 atom stereocenters. The highest BCUT2D eigenvalue weighted by atomic mass is 32.2. The first kappa shape index (κ1) is 15.6. The van der Waals surface area contributed by atoms with Crippen molar-refractivity contribution < 1.29 is 26.1 Å². The highest BCUT2D eigenvalue weighted by Gasteiger charge is 2.38. The highest BCUT2D eigenvalue weighted by Crippen LogP contribution is 2.30. The van der Waals surface area contributed by atoms with E-state index < -0.39 is 21.9 Å². The number of alkyl halides is 3. The second-order valence-corrected chi connectivity index (χ2v) is 7.00. The Bertz CT molecular complexity index is 936. The van der Waals surface area contributed by atoms with E-state index in [2.05, 4.69) is 30.9 Å². The molecule has 0 saturated carbocycles. The summed E-state index contributed by atoms with van der Waals surface area (Å²) in [7, 11) is -3.97. The van der Waals surface area contributed by atoms with Crippen molar-refractivity contribution in [3.63, 3.8) is 0 Å². The van der Waals surface area contributed by atoms with Gasteiger partial charge in [0.2, 0.25) is 20.0 Å². The monoisotopic (exact) mass is 361 g/mol. The zero-order valence-corrected chi connectivity index (χ0v) is 12.4. The molecule has 12 heteroatoms. The Morgan fingerprint density at radius 2 is 2.09 bits per heavy atom. The van der Waals surface area contributed by atoms with Gasteiger partial charge in [0.15, 0.2) is 0 Å². The van der Waals surface area contributed by atoms with Crippen molar-refractivity contribution in [2.75, 3.05) is 0 Å². The Hall–Kier alpha value is -2.34. The van der Waals surface area contributed by atoms with Crippen molar-refractivity contribution >= 4 is 21.2 Å². The fraction of sp³-hybridized carbons (Fsp3) is 0.0909. The van der Waals surface area contributed by atoms with Gasteiger partial charge >= 0.3 is 12.1 Å². The molecule has 2 aromatic heterocycles. The normalized spacial score (nSPS) is 12.5. The molecule has 0 aliphatic carbocycles. The summed E-state index contributed by atoms with van der Waals surface area (Å²) >= 11 is 0.805. The van der Waals surface area contributed by atoms with E-state index in [9.17, 15) is 21.6 Å². The summed E-state index contributed by atoms with van der Waals surface area (Å²) in [4.78, 5) is 2.91. The van der Waals surface area contributed by atoms with Gasteiger partial charge in [-0.25, -0.2) is 8.42 Å². The number of rotatable bonds is 3. The molecule has 0 spiro atoms. The van der Waals surface area contributed by atoms with Crippen LogP contribution in [0.4, 0.5) is 13.2 Å². The van der Waals surface area contributed by atoms with Crippen LogP contribution in [0, 0.1) is 6.07 Å². The van der Waals surface area contributed by atoms with E-state index in [0.29, 0.717) is 0 Å². The molecular formula is C11H4F3N4O3S2. The Labute approximate surface area is 130 Å². The lowest BCUT2D eigenvalue weighted by atomic mass is 10.2. The van der Waals surface area contributed by atoms with Crippen molar-refractivity contribution in [3.05, 3.63) is 35.7 Å². The maximum Gasteiger partial charge on any atom is 0.471 e. The van der Waals surface area contributed by atoms with E-state index >= 15 is 0 Å². The van der Waals surface area contributed by atoms with E-state index in [1.54, 1.807) is 0 Å². The smallest absolute Gasteiger partial charge is 0.329 e. The lowest BCUT2D eigenvalue weighted by molar-refractivity contribution is -0.159. The first-order valence-electron chi connectivity index (χ1n) is 5.73. The molecule has 0 fully saturated rings. The minimum absolute atomic E-state index is 0.0334. The van der Waals surface area contributed by atoms with Gasteiger partial charge in [-0.05, 0) is 6.07 Å². The maximum absolute atomic E-state index is 12.5. The van der Waals surface area contributed by atoms with E-state index in [0.717, 1.165) is 17.4 Å². The van der Waals surface area contributed by atoms with Gasteiger partial charge in [0.05, 0.1) is 4.90 Å². The minimum Gasteiger partial charge on any atom is -0.329 e. The van der Waals surface area contributed by atoms with Crippen LogP contribution < -0.4 is 0 Å². The van der Waals surface area contributed by atoms with E-state index in [-0.39, 0.29) is 20.6 Å². The summed E-state index contributed by atoms with van der Waals surface area (Å²) in [6.45, 7) is 0. The van der Waals surface area contributed by atoms with Crippen LogP contribution in [0.5, 0.6) is 0 Å². The van der Waals surface area contributed by atoms with Gasteiger partial charge in [-0.3, -0.25) is 0 Å². The molecule has 1 radical (unpaired) electrons. The Morgan fingerprint density at radius 1 is 1.30 bits per heavy atom. The molecule has 23 heavy (non-hydrogen) atoms. The molecule has 0 aliphatic rings. The van der Waals surface area contributed by atoms with Crippen molar-refractivity contribution in [1.29, 1.82) is 0 Å². The number of benzene rings is 1. The minimum atomic E-state index is -4.78. The number of nitrogens with zero attached hydrogens (tertiary/aromatic N) is 4. The summed E-state index contributed by atoms with van der Waals surface area (Å²) in [5, 5.41) is 10.1. The second-order valence-electron chi connectivity index (χ2n) is 4.07. The fourth-order valence-electron chi connectivity index (χ4n) is 1.57. The average molecular weight is 361 g/mol. The van der Waals surface area contributed by atoms with E-state index in [1.807, 2.05) is 0 Å². The van der Waals surface area contributed by atoms with Crippen LogP contribution in [0.3, 0.4) is 0 Å². The molecule has 3 rings (SSSR count). The van der Waals surface area contributed by atoms with E-state index in [1.165, 1.54) is 17.6 Å². The van der Waals surface area contributed by atoms with Gasteiger partial charge in [0, 0.05) is 11.6 Å². The third-order valence-electron chi connectivity index (χ3n) is 2.56. The predicted octanol–water partition coefficient (Wildman–Crippen LogP) is 2.24. The zero-order valence-electron chi connectivity index (χ0n) is 10.8. The summed E-state index contributed by atoms with van der Waals surface area (Å²) in [6.07, 6.45) is -4.78. The molecule has 3 aromatic rings. The van der Waals surface area contributed by atoms with Gasteiger partial charge in [-0.1, -0.05) is 28.6 Å². The number of aromatic nitrogens is 4. The number of halogens is 3. The summed E-state index contributed by atoms with van der Waals surface area (Å²) in [5.74, 6) is -1.91. The molecule has 0 saturated heterocycles. The first-order valence-corrected chi connectivity index (χ1v) is 8.09. The Balaban J connectivity index is 2.03. The van der Waals surface area contributed by atoms with Gasteiger partial charge in [-0.15, -0.1) is 10.2 Å². The molecule has 7 nitrogen and oxygen atoms in total. The van der Waals surface area contributed by atoms with Crippen LogP contribution in [-0.4, -0.2) is 28.8 Å². The lowest BCUT2D eigenvalue weighted by Crippen LogP contribution is -2.05. The number of sulfone groups is 1. The van der Waals surface area contributed by atoms with Crippen LogP contribution in [-0.2, 0) is 16.0 Å². The lowest BCUT2D eigenvalue weighted by Gasteiger charge is -2.01. The third kappa shape index (κ3) is 2.94. The van der Waals surface area contributed by atoms with Crippen LogP contribution in [0.1, 0.15) is 5.89 Å². The second kappa shape index (κ2) is 5.38. The van der Waals surface area contributed by atoms with Crippen LogP contribution >= 0.6 is 11.3 Å². The van der Waals surface area contributed by atoms with Crippen LogP contribution in [0.15, 0.2) is 37.5 Å². The fourth-order valence-corrected chi connectivity index (χ4v) is 3.60. The predicted molar refractivity (Wildman–Crippen MR) is 68.9 cm³/mol. The Kier molecular flexibility index (Phi) is 3.64. The van der Waals surface area contributed by atoms with Crippen molar-refractivity contribution in [3.8, 4) is 11.4 Å². The van der Waals surface area contributed by atoms with E-state index in [4.69, 9.17) is 0 Å². The molecule has 119 valence electrons. The Morgan fingerprint density at radius 3 is 2.70 bits per heavy atom. The highest BCUT2D eigenvalue weighted by molar-refractivity contribution is 7.93. The number of hydrogen-bond acceptors (Lipinski definition) is 8. The SMILES string of the molecule is O=S(=O)(c1[c]ccc(-c2noc(C(F)(F)F)n2)c1)c1nncs1. The summed E-state index contributed by atoms with van der Waals surface area (Å²) in [6, 6.07) is 6.11. The molecule has 0 bridgehead atoms. The zero-order chi connectivity index (χ0) is 16.7. The third-order valence-corrected chi connectivity index (χ3v) is 5.35. The maximum atomic E-state index is 12.5. The molecule has 0 aliphatic heterocycles. The van der Waals surface area contributed by atoms with Gasteiger partial charge in [0.25, 0.3) is 0 Å². The van der Waals surface area contributed by atoms with Gasteiger partial charge in [0.1, 0.15) is 5.51 Å². The van der Waals surface area contributed by atoms with Crippen molar-refractivity contribution in [2.45, 2.75) is 15.4 Å². The van der Waals surface area contributed by atoms with Gasteiger partial charge < -0.3 is 4.52 Å². The van der Waals surface area contributed by atoms with Gasteiger partial charge in [-0.2, -0.15) is 18.2 Å². The molecular weight excluding hydrogens is 357 g/mol. The van der Waals surface area contributed by atoms with Crippen molar-refractivity contribution in [1.82, 2.24) is 20.3 Å². The number of hydrogen-bond donors (Lipinski definition) is 0. The quantitative estimate of drug-likeness (QED) is 0.705. The molecule has 0 N–H and O–H groups in total. The largest absolute Gasteiger partial charge is 0.471 e. The molecule has 1 aromatic carbocycles. The molecule has 0 unspecified atom stereocenters. The molecule has 0 amide bonds. The van der Waals surface area contributed by atoms with Crippen LogP contribution in [0.25, 0.3) is 11.4 Å². The topological polar surface area (TPSA) is 98.8 Å². The summed E-state index contributed by atoms with van der Waals surface area (Å²) < 4.78 is 65.8. The molecule has 2 heterocycles.